The molecule has 0 bridgehead atoms. The molecule has 20 heavy (non-hydrogen) atoms. The number of anilines is 2. The number of aliphatic hydroxyl groups is 1. The molecule has 1 unspecified atom stereocenters. The Kier molecular flexibility index (Phi) is 4.16. The van der Waals surface area contributed by atoms with Crippen LogP contribution in [0.2, 0.25) is 5.02 Å². The molecule has 2 aromatic rings. The molecule has 0 spiro atoms. The fraction of sp³-hybridized carbons (Fsp3) is 0.200. The molecule has 0 amide bonds. The van der Waals surface area contributed by atoms with Crippen molar-refractivity contribution in [3.63, 3.8) is 0 Å². The minimum atomic E-state index is -0.768. The molecule has 0 aliphatic carbocycles. The number of aliphatic hydroxyl groups excluding tert-OH is 1. The van der Waals surface area contributed by atoms with Gasteiger partial charge >= 0.3 is 0 Å². The zero-order valence-electron chi connectivity index (χ0n) is 11.0. The molecule has 0 heterocycles. The molecule has 0 aliphatic rings. The Bertz CT molecular complexity index is 606. The van der Waals surface area contributed by atoms with E-state index < -0.39 is 11.4 Å². The number of hydrogen-bond donors (Lipinski definition) is 3. The monoisotopic (exact) mass is 294 g/mol. The highest BCUT2D eigenvalue weighted by molar-refractivity contribution is 6.31. The van der Waals surface area contributed by atoms with Gasteiger partial charge in [-0.05, 0) is 18.6 Å². The second-order valence-electron chi connectivity index (χ2n) is 4.83. The minimum absolute atomic E-state index is 0.0292. The van der Waals surface area contributed by atoms with E-state index >= 15 is 0 Å². The fourth-order valence-corrected chi connectivity index (χ4v) is 2.15. The number of hydrogen-bond acceptors (Lipinski definition) is 3. The Labute approximate surface area is 122 Å². The second-order valence-corrected chi connectivity index (χ2v) is 5.24. The maximum absolute atomic E-state index is 13.6. The summed E-state index contributed by atoms with van der Waals surface area (Å²) in [4.78, 5) is 0. The summed E-state index contributed by atoms with van der Waals surface area (Å²) in [6.45, 7) is 1.65. The number of nitrogens with two attached hydrogens (primary N) is 1. The van der Waals surface area contributed by atoms with Crippen LogP contribution in [0.15, 0.2) is 42.5 Å². The summed E-state index contributed by atoms with van der Waals surface area (Å²) < 4.78 is 13.6. The lowest BCUT2D eigenvalue weighted by Crippen LogP contribution is -2.36. The fourth-order valence-electron chi connectivity index (χ4n) is 1.98. The van der Waals surface area contributed by atoms with Crippen LogP contribution in [0.4, 0.5) is 15.8 Å². The first-order valence-corrected chi connectivity index (χ1v) is 6.53. The largest absolute Gasteiger partial charge is 0.397 e. The van der Waals surface area contributed by atoms with E-state index in [1.54, 1.807) is 0 Å². The van der Waals surface area contributed by atoms with E-state index in [0.29, 0.717) is 11.4 Å². The van der Waals surface area contributed by atoms with Crippen molar-refractivity contribution in [2.24, 2.45) is 0 Å². The van der Waals surface area contributed by atoms with Crippen LogP contribution in [-0.2, 0) is 5.54 Å². The second kappa shape index (κ2) is 5.69. The molecule has 2 aromatic carbocycles. The van der Waals surface area contributed by atoms with Crippen LogP contribution in [0, 0.1) is 5.82 Å². The van der Waals surface area contributed by atoms with Crippen molar-refractivity contribution in [3.05, 3.63) is 58.9 Å². The summed E-state index contributed by atoms with van der Waals surface area (Å²) in [5.41, 5.74) is 6.66. The maximum Gasteiger partial charge on any atom is 0.143 e. The number of nitrogens with one attached hydrogen (secondary N) is 1. The third-order valence-electron chi connectivity index (χ3n) is 3.23. The quantitative estimate of drug-likeness (QED) is 0.758. The Hall–Kier alpha value is -1.78. The van der Waals surface area contributed by atoms with Crippen molar-refractivity contribution in [2.45, 2.75) is 12.5 Å². The summed E-state index contributed by atoms with van der Waals surface area (Å²) >= 11 is 5.68. The van der Waals surface area contributed by atoms with E-state index in [1.807, 2.05) is 37.3 Å². The SMILES string of the molecule is CC(CO)(Nc1cc(F)c(Cl)cc1N)c1ccccc1. The molecule has 0 fully saturated rings. The third-order valence-corrected chi connectivity index (χ3v) is 3.52. The lowest BCUT2D eigenvalue weighted by molar-refractivity contribution is 0.224. The van der Waals surface area contributed by atoms with Crippen molar-refractivity contribution in [2.75, 3.05) is 17.7 Å². The maximum atomic E-state index is 13.6. The van der Waals surface area contributed by atoms with Crippen molar-refractivity contribution in [1.29, 1.82) is 0 Å². The van der Waals surface area contributed by atoms with Crippen LogP contribution < -0.4 is 11.1 Å². The number of rotatable bonds is 4. The van der Waals surface area contributed by atoms with Gasteiger partial charge in [0, 0.05) is 6.07 Å². The van der Waals surface area contributed by atoms with Gasteiger partial charge in [0.2, 0.25) is 0 Å². The van der Waals surface area contributed by atoms with Crippen LogP contribution in [0.1, 0.15) is 12.5 Å². The molecule has 0 saturated heterocycles. The van der Waals surface area contributed by atoms with Gasteiger partial charge in [0.05, 0.1) is 28.5 Å². The summed E-state index contributed by atoms with van der Waals surface area (Å²) in [6, 6.07) is 12.0. The zero-order chi connectivity index (χ0) is 14.8. The molecule has 2 rings (SSSR count). The molecule has 106 valence electrons. The summed E-state index contributed by atoms with van der Waals surface area (Å²) in [6.07, 6.45) is 0. The molecule has 1 atom stereocenters. The predicted molar refractivity (Wildman–Crippen MR) is 80.3 cm³/mol. The summed E-state index contributed by atoms with van der Waals surface area (Å²) in [7, 11) is 0. The number of benzene rings is 2. The molecular weight excluding hydrogens is 279 g/mol. The molecule has 3 nitrogen and oxygen atoms in total. The summed E-state index contributed by atoms with van der Waals surface area (Å²) in [5, 5.41) is 12.7. The molecule has 0 radical (unpaired) electrons. The lowest BCUT2D eigenvalue weighted by atomic mass is 9.92. The Morgan fingerprint density at radius 3 is 2.55 bits per heavy atom. The first kappa shape index (κ1) is 14.6. The standard InChI is InChI=1S/C15H16ClFN2O/c1-15(9-20,10-5-3-2-4-6-10)19-14-8-12(17)11(16)7-13(14)18/h2-8,19-20H,9,18H2,1H3. The van der Waals surface area contributed by atoms with Crippen LogP contribution in [0.5, 0.6) is 0 Å². The average Bonchev–Trinajstić information content (AvgIpc) is 2.45. The zero-order valence-corrected chi connectivity index (χ0v) is 11.8. The Morgan fingerprint density at radius 1 is 1.30 bits per heavy atom. The normalized spacial score (nSPS) is 13.8. The van der Waals surface area contributed by atoms with Gasteiger partial charge in [0.1, 0.15) is 5.82 Å². The smallest absolute Gasteiger partial charge is 0.143 e. The van der Waals surface area contributed by atoms with Crippen molar-refractivity contribution < 1.29 is 9.50 Å². The predicted octanol–water partition coefficient (Wildman–Crippen LogP) is 3.38. The van der Waals surface area contributed by atoms with Crippen molar-refractivity contribution in [3.8, 4) is 0 Å². The average molecular weight is 295 g/mol. The van der Waals surface area contributed by atoms with E-state index in [9.17, 15) is 9.50 Å². The van der Waals surface area contributed by atoms with Gasteiger partial charge in [-0.2, -0.15) is 0 Å². The van der Waals surface area contributed by atoms with Gasteiger partial charge in [0.15, 0.2) is 0 Å². The first-order chi connectivity index (χ1) is 9.46. The van der Waals surface area contributed by atoms with E-state index in [2.05, 4.69) is 5.32 Å². The number of halogens is 2. The highest BCUT2D eigenvalue weighted by atomic mass is 35.5. The van der Waals surface area contributed by atoms with Gasteiger partial charge < -0.3 is 16.2 Å². The van der Waals surface area contributed by atoms with Gasteiger partial charge in [0.25, 0.3) is 0 Å². The van der Waals surface area contributed by atoms with E-state index in [-0.39, 0.29) is 11.6 Å². The van der Waals surface area contributed by atoms with Gasteiger partial charge in [-0.3, -0.25) is 0 Å². The first-order valence-electron chi connectivity index (χ1n) is 6.15. The highest BCUT2D eigenvalue weighted by Gasteiger charge is 2.26. The molecule has 4 N–H and O–H groups in total. The molecular formula is C15H16ClFN2O. The van der Waals surface area contributed by atoms with E-state index in [0.717, 1.165) is 5.56 Å². The Balaban J connectivity index is 2.38. The van der Waals surface area contributed by atoms with Crippen LogP contribution >= 0.6 is 11.6 Å². The van der Waals surface area contributed by atoms with Crippen LogP contribution in [0.25, 0.3) is 0 Å². The van der Waals surface area contributed by atoms with Crippen LogP contribution in [0.3, 0.4) is 0 Å². The molecule has 5 heteroatoms. The number of nitrogen functional groups attached to an aromatic ring is 1. The minimum Gasteiger partial charge on any atom is -0.397 e. The lowest BCUT2D eigenvalue weighted by Gasteiger charge is -2.31. The molecule has 0 saturated carbocycles. The van der Waals surface area contributed by atoms with E-state index in [4.69, 9.17) is 17.3 Å². The van der Waals surface area contributed by atoms with Gasteiger partial charge in [-0.25, -0.2) is 4.39 Å². The van der Waals surface area contributed by atoms with E-state index in [1.165, 1.54) is 12.1 Å². The van der Waals surface area contributed by atoms with Crippen molar-refractivity contribution in [1.82, 2.24) is 0 Å². The third kappa shape index (κ3) is 2.86. The molecule has 0 aliphatic heterocycles. The molecule has 0 aromatic heterocycles. The summed E-state index contributed by atoms with van der Waals surface area (Å²) in [5.74, 6) is -0.559. The Morgan fingerprint density at radius 2 is 1.95 bits per heavy atom. The topological polar surface area (TPSA) is 58.3 Å². The van der Waals surface area contributed by atoms with Gasteiger partial charge in [-0.1, -0.05) is 41.9 Å². The van der Waals surface area contributed by atoms with Crippen molar-refractivity contribution >= 4 is 23.0 Å². The van der Waals surface area contributed by atoms with Gasteiger partial charge in [-0.15, -0.1) is 0 Å². The van der Waals surface area contributed by atoms with Crippen LogP contribution in [-0.4, -0.2) is 11.7 Å². The highest BCUT2D eigenvalue weighted by Crippen LogP contribution is 2.32.